The van der Waals surface area contributed by atoms with Crippen LogP contribution in [-0.4, -0.2) is 0 Å². The second kappa shape index (κ2) is 3.21. The summed E-state index contributed by atoms with van der Waals surface area (Å²) in [6, 6.07) is 8.83. The highest BCUT2D eigenvalue weighted by atomic mass is 79.9. The van der Waals surface area contributed by atoms with Crippen LogP contribution in [0.1, 0.15) is 28.8 Å². The molecule has 0 saturated heterocycles. The molecular weight excluding hydrogens is 212 g/mol. The first-order valence-corrected chi connectivity index (χ1v) is 5.39. The number of hydrogen-bond donors (Lipinski definition) is 0. The Labute approximate surface area is 82.1 Å². The lowest BCUT2D eigenvalue weighted by Gasteiger charge is -2.07. The van der Waals surface area contributed by atoms with Gasteiger partial charge in [0.05, 0.1) is 0 Å². The van der Waals surface area contributed by atoms with E-state index in [9.17, 15) is 0 Å². The van der Waals surface area contributed by atoms with Gasteiger partial charge in [0.15, 0.2) is 0 Å². The predicted octanol–water partition coefficient (Wildman–Crippen LogP) is 3.84. The van der Waals surface area contributed by atoms with Crippen molar-refractivity contribution in [1.82, 2.24) is 0 Å². The molecule has 1 heteroatoms. The van der Waals surface area contributed by atoms with Crippen LogP contribution >= 0.6 is 15.9 Å². The summed E-state index contributed by atoms with van der Waals surface area (Å²) in [5, 5.41) is 0. The highest BCUT2D eigenvalue weighted by Gasteiger charge is 2.29. The summed E-state index contributed by atoms with van der Waals surface area (Å²) in [4.78, 5) is 0.595. The smallest absolute Gasteiger partial charge is 0.0423 e. The van der Waals surface area contributed by atoms with Crippen molar-refractivity contribution in [2.24, 2.45) is 5.92 Å². The number of rotatable bonds is 2. The molecule has 0 nitrogen and oxygen atoms in total. The van der Waals surface area contributed by atoms with Gasteiger partial charge in [0.2, 0.25) is 0 Å². The Morgan fingerprint density at radius 1 is 1.25 bits per heavy atom. The second-order valence-corrected chi connectivity index (χ2v) is 4.64. The van der Waals surface area contributed by atoms with Gasteiger partial charge < -0.3 is 0 Å². The third-order valence-corrected chi connectivity index (χ3v) is 3.71. The first kappa shape index (κ1) is 8.31. The van der Waals surface area contributed by atoms with Gasteiger partial charge in [-0.2, -0.15) is 0 Å². The maximum absolute atomic E-state index is 3.74. The number of hydrogen-bond acceptors (Lipinski definition) is 0. The van der Waals surface area contributed by atoms with Crippen LogP contribution < -0.4 is 0 Å². The molecule has 1 atom stereocenters. The summed E-state index contributed by atoms with van der Waals surface area (Å²) in [7, 11) is 0. The highest BCUT2D eigenvalue weighted by Crippen LogP contribution is 2.46. The van der Waals surface area contributed by atoms with Gasteiger partial charge in [-0.15, -0.1) is 0 Å². The van der Waals surface area contributed by atoms with Crippen molar-refractivity contribution in [2.45, 2.75) is 24.6 Å². The van der Waals surface area contributed by atoms with E-state index >= 15 is 0 Å². The van der Waals surface area contributed by atoms with E-state index in [1.54, 1.807) is 0 Å². The van der Waals surface area contributed by atoms with Gasteiger partial charge in [0.25, 0.3) is 0 Å². The quantitative estimate of drug-likeness (QED) is 0.671. The zero-order valence-corrected chi connectivity index (χ0v) is 8.84. The molecule has 1 aromatic carbocycles. The fraction of sp³-hybridized carbons (Fsp3) is 0.455. The topological polar surface area (TPSA) is 0 Å². The second-order valence-electron chi connectivity index (χ2n) is 3.65. The molecule has 64 valence electrons. The lowest BCUT2D eigenvalue weighted by Crippen LogP contribution is -1.91. The number of halogens is 1. The van der Waals surface area contributed by atoms with E-state index < -0.39 is 0 Å². The minimum atomic E-state index is 0.595. The van der Waals surface area contributed by atoms with E-state index in [2.05, 4.69) is 47.1 Å². The molecule has 0 aromatic heterocycles. The molecule has 1 fully saturated rings. The molecule has 1 aliphatic rings. The average molecular weight is 225 g/mol. The van der Waals surface area contributed by atoms with Gasteiger partial charge in [0.1, 0.15) is 0 Å². The minimum absolute atomic E-state index is 0.595. The van der Waals surface area contributed by atoms with Gasteiger partial charge in [-0.1, -0.05) is 45.8 Å². The largest absolute Gasteiger partial charge is 0.0836 e. The van der Waals surface area contributed by atoms with Crippen molar-refractivity contribution in [2.75, 3.05) is 0 Å². The Morgan fingerprint density at radius 2 is 1.83 bits per heavy atom. The van der Waals surface area contributed by atoms with Crippen LogP contribution in [0.2, 0.25) is 0 Å². The first-order chi connectivity index (χ1) is 5.77. The normalized spacial score (nSPS) is 19.2. The lowest BCUT2D eigenvalue weighted by molar-refractivity contribution is 0.822. The molecule has 1 aliphatic carbocycles. The fourth-order valence-electron chi connectivity index (χ4n) is 1.41. The number of aryl methyl sites for hydroxylation is 1. The van der Waals surface area contributed by atoms with Gasteiger partial charge in [-0.25, -0.2) is 0 Å². The van der Waals surface area contributed by atoms with E-state index in [-0.39, 0.29) is 0 Å². The van der Waals surface area contributed by atoms with Crippen LogP contribution in [0.25, 0.3) is 0 Å². The molecule has 1 aromatic rings. The summed E-state index contributed by atoms with van der Waals surface area (Å²) in [6.45, 7) is 2.13. The number of benzene rings is 1. The highest BCUT2D eigenvalue weighted by molar-refractivity contribution is 9.09. The van der Waals surface area contributed by atoms with Crippen LogP contribution in [0.3, 0.4) is 0 Å². The van der Waals surface area contributed by atoms with Crippen LogP contribution in [0.15, 0.2) is 24.3 Å². The number of alkyl halides is 1. The fourth-order valence-corrected chi connectivity index (χ4v) is 2.25. The Morgan fingerprint density at radius 3 is 2.33 bits per heavy atom. The Balaban J connectivity index is 2.16. The molecule has 1 unspecified atom stereocenters. The van der Waals surface area contributed by atoms with Gasteiger partial charge in [0, 0.05) is 4.83 Å². The van der Waals surface area contributed by atoms with Crippen molar-refractivity contribution < 1.29 is 0 Å². The molecule has 2 rings (SSSR count). The maximum Gasteiger partial charge on any atom is 0.0423 e. The van der Waals surface area contributed by atoms with Crippen molar-refractivity contribution in [3.63, 3.8) is 0 Å². The summed E-state index contributed by atoms with van der Waals surface area (Å²) >= 11 is 3.74. The molecule has 0 heterocycles. The SMILES string of the molecule is Cc1ccc(C(Br)C2CC2)cc1. The Bertz CT molecular complexity index is 259. The van der Waals surface area contributed by atoms with Crippen LogP contribution in [0.5, 0.6) is 0 Å². The van der Waals surface area contributed by atoms with E-state index in [4.69, 9.17) is 0 Å². The lowest BCUT2D eigenvalue weighted by atomic mass is 10.1. The molecule has 0 amide bonds. The van der Waals surface area contributed by atoms with Crippen LogP contribution in [-0.2, 0) is 0 Å². The molecule has 0 aliphatic heterocycles. The molecule has 0 radical (unpaired) electrons. The monoisotopic (exact) mass is 224 g/mol. The summed E-state index contributed by atoms with van der Waals surface area (Å²) in [6.07, 6.45) is 2.79. The van der Waals surface area contributed by atoms with Gasteiger partial charge >= 0.3 is 0 Å². The van der Waals surface area contributed by atoms with Crippen molar-refractivity contribution in [3.05, 3.63) is 35.4 Å². The minimum Gasteiger partial charge on any atom is -0.0836 e. The van der Waals surface area contributed by atoms with Crippen LogP contribution in [0, 0.1) is 12.8 Å². The van der Waals surface area contributed by atoms with Crippen molar-refractivity contribution >= 4 is 15.9 Å². The standard InChI is InChI=1S/C11H13Br/c1-8-2-4-9(5-3-8)11(12)10-6-7-10/h2-5,10-11H,6-7H2,1H3. The molecule has 0 spiro atoms. The maximum atomic E-state index is 3.74. The molecule has 0 bridgehead atoms. The van der Waals surface area contributed by atoms with Gasteiger partial charge in [-0.05, 0) is 31.2 Å². The summed E-state index contributed by atoms with van der Waals surface area (Å²) in [5.41, 5.74) is 2.78. The Kier molecular flexibility index (Phi) is 2.22. The third kappa shape index (κ3) is 1.71. The first-order valence-electron chi connectivity index (χ1n) is 4.48. The van der Waals surface area contributed by atoms with Crippen molar-refractivity contribution in [3.8, 4) is 0 Å². The van der Waals surface area contributed by atoms with E-state index in [0.717, 1.165) is 5.92 Å². The predicted molar refractivity (Wildman–Crippen MR) is 55.6 cm³/mol. The summed E-state index contributed by atoms with van der Waals surface area (Å²) in [5.74, 6) is 0.896. The average Bonchev–Trinajstić information content (AvgIpc) is 2.87. The summed E-state index contributed by atoms with van der Waals surface area (Å²) < 4.78 is 0. The third-order valence-electron chi connectivity index (χ3n) is 2.43. The van der Waals surface area contributed by atoms with Crippen LogP contribution in [0.4, 0.5) is 0 Å². The molecule has 0 N–H and O–H groups in total. The van der Waals surface area contributed by atoms with Gasteiger partial charge in [-0.3, -0.25) is 0 Å². The van der Waals surface area contributed by atoms with E-state index in [0.29, 0.717) is 4.83 Å². The van der Waals surface area contributed by atoms with E-state index in [1.807, 2.05) is 0 Å². The molecular formula is C11H13Br. The van der Waals surface area contributed by atoms with Crippen molar-refractivity contribution in [1.29, 1.82) is 0 Å². The Hall–Kier alpha value is -0.300. The molecule has 12 heavy (non-hydrogen) atoms. The molecule has 1 saturated carbocycles. The zero-order valence-electron chi connectivity index (χ0n) is 7.26. The van der Waals surface area contributed by atoms with E-state index in [1.165, 1.54) is 24.0 Å². The zero-order chi connectivity index (χ0) is 8.55.